The lowest BCUT2D eigenvalue weighted by Gasteiger charge is -2.39. The highest BCUT2D eigenvalue weighted by atomic mass is 32.2. The Labute approximate surface area is 119 Å². The first-order valence-corrected chi connectivity index (χ1v) is 7.80. The molecule has 4 heteroatoms. The van der Waals surface area contributed by atoms with Gasteiger partial charge in [-0.15, -0.1) is 11.8 Å². The van der Waals surface area contributed by atoms with Crippen molar-refractivity contribution in [2.75, 3.05) is 18.0 Å². The van der Waals surface area contributed by atoms with Crippen molar-refractivity contribution in [1.82, 2.24) is 5.32 Å². The molecule has 1 aliphatic rings. The Balaban J connectivity index is 2.16. The summed E-state index contributed by atoms with van der Waals surface area (Å²) >= 11 is 1.90. The van der Waals surface area contributed by atoms with Crippen molar-refractivity contribution >= 4 is 23.4 Å². The standard InChI is InChI=1S/C15H22N2OS/c1-4-9-16-15(18)10-17-11(2)12(3)19-14-8-6-5-7-13(14)17/h5-8,11-12H,4,9-10H2,1-3H3,(H,16,18)/t11-,12+/m1/s1. The maximum atomic E-state index is 12.0. The van der Waals surface area contributed by atoms with Gasteiger partial charge in [-0.25, -0.2) is 0 Å². The van der Waals surface area contributed by atoms with E-state index in [0.29, 0.717) is 17.8 Å². The van der Waals surface area contributed by atoms with E-state index in [1.807, 2.05) is 17.8 Å². The Bertz CT molecular complexity index is 450. The fourth-order valence-electron chi connectivity index (χ4n) is 2.27. The van der Waals surface area contributed by atoms with Crippen LogP contribution in [0.25, 0.3) is 0 Å². The van der Waals surface area contributed by atoms with Gasteiger partial charge in [-0.3, -0.25) is 4.79 Å². The number of benzene rings is 1. The third-order valence-corrected chi connectivity index (χ3v) is 4.91. The van der Waals surface area contributed by atoms with Crippen LogP contribution in [0.15, 0.2) is 29.2 Å². The van der Waals surface area contributed by atoms with Crippen LogP contribution in [-0.4, -0.2) is 30.3 Å². The summed E-state index contributed by atoms with van der Waals surface area (Å²) in [6.07, 6.45) is 0.976. The average Bonchev–Trinajstić information content (AvgIpc) is 2.41. The monoisotopic (exact) mass is 278 g/mol. The average molecular weight is 278 g/mol. The van der Waals surface area contributed by atoms with Crippen molar-refractivity contribution in [3.05, 3.63) is 24.3 Å². The summed E-state index contributed by atoms with van der Waals surface area (Å²) in [5, 5.41) is 3.45. The number of hydrogen-bond donors (Lipinski definition) is 1. The smallest absolute Gasteiger partial charge is 0.239 e. The second-order valence-electron chi connectivity index (χ2n) is 5.01. The van der Waals surface area contributed by atoms with Crippen LogP contribution >= 0.6 is 11.8 Å². The minimum Gasteiger partial charge on any atom is -0.357 e. The molecule has 2 rings (SSSR count). The molecular weight excluding hydrogens is 256 g/mol. The molecule has 1 aromatic rings. The second-order valence-corrected chi connectivity index (χ2v) is 6.43. The van der Waals surface area contributed by atoms with Gasteiger partial charge in [0.15, 0.2) is 0 Å². The van der Waals surface area contributed by atoms with Crippen molar-refractivity contribution in [2.45, 2.75) is 43.4 Å². The predicted octanol–water partition coefficient (Wildman–Crippen LogP) is 2.90. The lowest BCUT2D eigenvalue weighted by Crippen LogP contribution is -2.47. The molecule has 0 spiro atoms. The Kier molecular flexibility index (Phi) is 4.75. The fraction of sp³-hybridized carbons (Fsp3) is 0.533. The van der Waals surface area contributed by atoms with E-state index < -0.39 is 0 Å². The lowest BCUT2D eigenvalue weighted by atomic mass is 10.1. The number of rotatable bonds is 4. The van der Waals surface area contributed by atoms with Gasteiger partial charge in [-0.2, -0.15) is 0 Å². The highest BCUT2D eigenvalue weighted by molar-refractivity contribution is 8.00. The summed E-state index contributed by atoms with van der Waals surface area (Å²) in [5.74, 6) is 0.114. The van der Waals surface area contributed by atoms with Gasteiger partial charge in [-0.1, -0.05) is 26.0 Å². The highest BCUT2D eigenvalue weighted by Crippen LogP contribution is 2.40. The maximum Gasteiger partial charge on any atom is 0.239 e. The van der Waals surface area contributed by atoms with E-state index in [1.165, 1.54) is 10.6 Å². The number of thioether (sulfide) groups is 1. The molecule has 0 aliphatic carbocycles. The zero-order chi connectivity index (χ0) is 13.8. The molecule has 1 amide bonds. The molecule has 2 atom stereocenters. The molecule has 0 unspecified atom stereocenters. The van der Waals surface area contributed by atoms with E-state index in [4.69, 9.17) is 0 Å². The summed E-state index contributed by atoms with van der Waals surface area (Å²) in [6, 6.07) is 8.72. The number of carbonyl (C=O) groups excluding carboxylic acids is 1. The number of para-hydroxylation sites is 1. The van der Waals surface area contributed by atoms with Crippen LogP contribution in [0, 0.1) is 0 Å². The van der Waals surface area contributed by atoms with Crippen LogP contribution in [0.2, 0.25) is 0 Å². The molecule has 0 aromatic heterocycles. The Morgan fingerprint density at radius 1 is 1.37 bits per heavy atom. The molecule has 1 N–H and O–H groups in total. The van der Waals surface area contributed by atoms with Gasteiger partial charge < -0.3 is 10.2 Å². The zero-order valence-corrected chi connectivity index (χ0v) is 12.7. The van der Waals surface area contributed by atoms with Gasteiger partial charge in [0, 0.05) is 22.7 Å². The summed E-state index contributed by atoms with van der Waals surface area (Å²) in [5.41, 5.74) is 1.18. The maximum absolute atomic E-state index is 12.0. The SMILES string of the molecule is CCCNC(=O)CN1c2ccccc2S[C@@H](C)[C@H]1C. The topological polar surface area (TPSA) is 32.3 Å². The zero-order valence-electron chi connectivity index (χ0n) is 11.8. The van der Waals surface area contributed by atoms with Crippen LogP contribution in [0.5, 0.6) is 0 Å². The molecule has 0 saturated carbocycles. The molecule has 0 radical (unpaired) electrons. The number of fused-ring (bicyclic) bond motifs is 1. The fourth-order valence-corrected chi connectivity index (χ4v) is 3.48. The lowest BCUT2D eigenvalue weighted by molar-refractivity contribution is -0.119. The largest absolute Gasteiger partial charge is 0.357 e. The molecule has 1 heterocycles. The van der Waals surface area contributed by atoms with E-state index in [2.05, 4.69) is 49.2 Å². The second kappa shape index (κ2) is 6.33. The number of hydrogen-bond acceptors (Lipinski definition) is 3. The van der Waals surface area contributed by atoms with Crippen LogP contribution in [0.1, 0.15) is 27.2 Å². The molecule has 0 fully saturated rings. The minimum atomic E-state index is 0.114. The van der Waals surface area contributed by atoms with Gasteiger partial charge in [-0.05, 0) is 25.5 Å². The van der Waals surface area contributed by atoms with E-state index in [1.54, 1.807) is 0 Å². The molecule has 0 saturated heterocycles. The van der Waals surface area contributed by atoms with E-state index >= 15 is 0 Å². The highest BCUT2D eigenvalue weighted by Gasteiger charge is 2.29. The minimum absolute atomic E-state index is 0.114. The first-order valence-electron chi connectivity index (χ1n) is 6.92. The molecule has 1 aliphatic heterocycles. The van der Waals surface area contributed by atoms with Crippen molar-refractivity contribution in [2.24, 2.45) is 0 Å². The van der Waals surface area contributed by atoms with Crippen LogP contribution in [0.4, 0.5) is 5.69 Å². The number of carbonyl (C=O) groups is 1. The van der Waals surface area contributed by atoms with Gasteiger partial charge in [0.2, 0.25) is 5.91 Å². The number of nitrogens with one attached hydrogen (secondary N) is 1. The van der Waals surface area contributed by atoms with Crippen LogP contribution in [-0.2, 0) is 4.79 Å². The van der Waals surface area contributed by atoms with E-state index in [9.17, 15) is 4.79 Å². The van der Waals surface area contributed by atoms with Gasteiger partial charge >= 0.3 is 0 Å². The van der Waals surface area contributed by atoms with E-state index in [0.717, 1.165) is 13.0 Å². The molecule has 0 bridgehead atoms. The van der Waals surface area contributed by atoms with Crippen molar-refractivity contribution in [3.63, 3.8) is 0 Å². The molecular formula is C15H22N2OS. The summed E-state index contributed by atoms with van der Waals surface area (Å²) < 4.78 is 0. The first kappa shape index (κ1) is 14.3. The van der Waals surface area contributed by atoms with Crippen molar-refractivity contribution in [1.29, 1.82) is 0 Å². The molecule has 19 heavy (non-hydrogen) atoms. The molecule has 1 aromatic carbocycles. The van der Waals surface area contributed by atoms with Crippen LogP contribution in [0.3, 0.4) is 0 Å². The normalized spacial score (nSPS) is 21.9. The first-order chi connectivity index (χ1) is 9.13. The van der Waals surface area contributed by atoms with Crippen molar-refractivity contribution in [3.8, 4) is 0 Å². The summed E-state index contributed by atoms with van der Waals surface area (Å²) in [6.45, 7) is 7.69. The Hall–Kier alpha value is -1.16. The Morgan fingerprint density at radius 3 is 2.84 bits per heavy atom. The predicted molar refractivity (Wildman–Crippen MR) is 81.9 cm³/mol. The summed E-state index contributed by atoms with van der Waals surface area (Å²) in [4.78, 5) is 15.5. The number of nitrogens with zero attached hydrogens (tertiary/aromatic N) is 1. The van der Waals surface area contributed by atoms with E-state index in [-0.39, 0.29) is 5.91 Å². The molecule has 3 nitrogen and oxygen atoms in total. The quantitative estimate of drug-likeness (QED) is 0.919. The van der Waals surface area contributed by atoms with Gasteiger partial charge in [0.05, 0.1) is 12.2 Å². The van der Waals surface area contributed by atoms with Gasteiger partial charge in [0.25, 0.3) is 0 Å². The van der Waals surface area contributed by atoms with Crippen molar-refractivity contribution < 1.29 is 4.79 Å². The summed E-state index contributed by atoms with van der Waals surface area (Å²) in [7, 11) is 0. The Morgan fingerprint density at radius 2 is 2.11 bits per heavy atom. The number of anilines is 1. The third-order valence-electron chi connectivity index (χ3n) is 3.54. The number of amides is 1. The van der Waals surface area contributed by atoms with Gasteiger partial charge in [0.1, 0.15) is 0 Å². The third kappa shape index (κ3) is 3.24. The molecule has 104 valence electrons. The van der Waals surface area contributed by atoms with Crippen LogP contribution < -0.4 is 10.2 Å².